The highest BCUT2D eigenvalue weighted by atomic mass is 32.1. The van der Waals surface area contributed by atoms with Gasteiger partial charge >= 0.3 is 5.97 Å². The molecule has 150 valence electrons. The zero-order chi connectivity index (χ0) is 21.3. The van der Waals surface area contributed by atoms with E-state index in [1.807, 2.05) is 24.3 Å². The van der Waals surface area contributed by atoms with Crippen LogP contribution in [0.3, 0.4) is 0 Å². The zero-order valence-corrected chi connectivity index (χ0v) is 17.0. The van der Waals surface area contributed by atoms with Crippen LogP contribution in [0.25, 0.3) is 11.6 Å². The molecule has 1 aromatic heterocycles. The summed E-state index contributed by atoms with van der Waals surface area (Å²) < 4.78 is 1.71. The molecule has 0 fully saturated rings. The van der Waals surface area contributed by atoms with Crippen LogP contribution in [-0.4, -0.2) is 32.9 Å². The minimum absolute atomic E-state index is 0.0911. The Bertz CT molecular complexity index is 1270. The Morgan fingerprint density at radius 2 is 1.90 bits per heavy atom. The van der Waals surface area contributed by atoms with E-state index < -0.39 is 11.9 Å². The van der Waals surface area contributed by atoms with E-state index in [1.54, 1.807) is 12.3 Å². The fraction of sp³-hybridized carbons (Fsp3) is 0.0476. The molecule has 2 aromatic carbocycles. The van der Waals surface area contributed by atoms with Gasteiger partial charge in [-0.2, -0.15) is 0 Å². The van der Waals surface area contributed by atoms with Crippen molar-refractivity contribution < 1.29 is 19.8 Å². The van der Waals surface area contributed by atoms with Crippen molar-refractivity contribution in [3.63, 3.8) is 0 Å². The average Bonchev–Trinajstić information content (AvgIpc) is 3.25. The van der Waals surface area contributed by atoms with Gasteiger partial charge in [0.15, 0.2) is 3.95 Å². The highest BCUT2D eigenvalue weighted by Gasteiger charge is 2.17. The Kier molecular flexibility index (Phi) is 5.30. The maximum atomic E-state index is 12.4. The van der Waals surface area contributed by atoms with Gasteiger partial charge in [-0.3, -0.25) is 14.4 Å². The van der Waals surface area contributed by atoms with Crippen LogP contribution in [0.5, 0.6) is 5.88 Å². The summed E-state index contributed by atoms with van der Waals surface area (Å²) in [7, 11) is 0. The molecule has 0 aliphatic carbocycles. The molecule has 0 saturated heterocycles. The number of allylic oxidation sites excluding steroid dienone is 1. The summed E-state index contributed by atoms with van der Waals surface area (Å²) >= 11 is 6.52. The monoisotopic (exact) mass is 437 g/mol. The first-order valence-corrected chi connectivity index (χ1v) is 10.1. The van der Waals surface area contributed by atoms with E-state index in [9.17, 15) is 14.7 Å². The van der Waals surface area contributed by atoms with Gasteiger partial charge in [-0.15, -0.1) is 11.3 Å². The number of para-hydroxylation sites is 1. The molecule has 0 spiro atoms. The molecule has 0 atom stereocenters. The molecule has 7 nitrogen and oxygen atoms in total. The summed E-state index contributed by atoms with van der Waals surface area (Å²) in [6.45, 7) is -0.171. The van der Waals surface area contributed by atoms with Crippen LogP contribution in [0.4, 0.5) is 11.4 Å². The molecule has 2 heterocycles. The van der Waals surface area contributed by atoms with Crippen LogP contribution in [0.15, 0.2) is 53.5 Å². The lowest BCUT2D eigenvalue weighted by Crippen LogP contribution is -2.18. The lowest BCUT2D eigenvalue weighted by Gasteiger charge is -2.07. The quantitative estimate of drug-likeness (QED) is 0.507. The van der Waals surface area contributed by atoms with E-state index in [-0.39, 0.29) is 18.0 Å². The molecular formula is C21H15N3O4S2. The fourth-order valence-corrected chi connectivity index (χ4v) is 4.24. The summed E-state index contributed by atoms with van der Waals surface area (Å²) in [5, 5.41) is 22.2. The van der Waals surface area contributed by atoms with Crippen molar-refractivity contribution in [2.45, 2.75) is 6.54 Å². The first kappa shape index (κ1) is 19.7. The number of fused-ring (bicyclic) bond motifs is 1. The van der Waals surface area contributed by atoms with Gasteiger partial charge in [0.25, 0.3) is 0 Å². The van der Waals surface area contributed by atoms with Crippen LogP contribution in [0.2, 0.25) is 0 Å². The third-order valence-corrected chi connectivity index (χ3v) is 5.84. The second-order valence-electron chi connectivity index (χ2n) is 6.45. The number of aromatic hydroxyl groups is 1. The number of rotatable bonds is 5. The number of thiazole rings is 1. The molecule has 4 rings (SSSR count). The van der Waals surface area contributed by atoms with Crippen LogP contribution in [-0.2, 0) is 11.3 Å². The van der Waals surface area contributed by atoms with Crippen molar-refractivity contribution in [2.75, 3.05) is 5.32 Å². The number of nitrogens with one attached hydrogen (secondary N) is 1. The molecule has 3 aromatic rings. The molecule has 9 heteroatoms. The number of aliphatic imine (C=N–C) groups is 1. The van der Waals surface area contributed by atoms with Crippen molar-refractivity contribution in [3.8, 4) is 5.88 Å². The van der Waals surface area contributed by atoms with Crippen LogP contribution in [0, 0.1) is 3.95 Å². The van der Waals surface area contributed by atoms with Crippen molar-refractivity contribution in [1.82, 2.24) is 4.57 Å². The molecule has 3 N–H and O–H groups in total. The maximum Gasteiger partial charge on any atom is 0.335 e. The molecule has 0 radical (unpaired) electrons. The molecule has 0 saturated carbocycles. The SMILES string of the molecule is O=C(Cn1c(O)c(/C=C2\C=Nc3ccccc32)sc1=S)Nc1ccc(C(=O)O)cc1. The van der Waals surface area contributed by atoms with Crippen molar-refractivity contribution in [2.24, 2.45) is 4.99 Å². The summed E-state index contributed by atoms with van der Waals surface area (Å²) in [5.41, 5.74) is 3.25. The normalized spacial score (nSPS) is 13.4. The van der Waals surface area contributed by atoms with Gasteiger partial charge in [0, 0.05) is 23.0 Å². The second-order valence-corrected chi connectivity index (χ2v) is 8.12. The third kappa shape index (κ3) is 3.93. The van der Waals surface area contributed by atoms with Gasteiger partial charge in [0.2, 0.25) is 11.8 Å². The van der Waals surface area contributed by atoms with Gasteiger partial charge in [-0.25, -0.2) is 4.79 Å². The third-order valence-electron chi connectivity index (χ3n) is 4.46. The number of aromatic nitrogens is 1. The first-order chi connectivity index (χ1) is 14.4. The molecule has 30 heavy (non-hydrogen) atoms. The fourth-order valence-electron chi connectivity index (χ4n) is 2.98. The number of anilines is 1. The number of aromatic carboxylic acids is 1. The van der Waals surface area contributed by atoms with Crippen LogP contribution in [0.1, 0.15) is 20.8 Å². The lowest BCUT2D eigenvalue weighted by molar-refractivity contribution is -0.116. The van der Waals surface area contributed by atoms with Crippen molar-refractivity contribution in [3.05, 3.63) is 68.5 Å². The first-order valence-electron chi connectivity index (χ1n) is 8.83. The highest BCUT2D eigenvalue weighted by Crippen LogP contribution is 2.35. The number of nitrogens with zero attached hydrogens (tertiary/aromatic N) is 2. The minimum atomic E-state index is -1.04. The summed E-state index contributed by atoms with van der Waals surface area (Å²) in [6, 6.07) is 13.5. The van der Waals surface area contributed by atoms with Crippen molar-refractivity contribution >= 4 is 64.7 Å². The topological polar surface area (TPSA) is 104 Å². The number of hydrogen-bond donors (Lipinski definition) is 3. The molecule has 1 aliphatic heterocycles. The van der Waals surface area contributed by atoms with Gasteiger partial charge < -0.3 is 15.5 Å². The van der Waals surface area contributed by atoms with Gasteiger partial charge in [-0.1, -0.05) is 18.2 Å². The van der Waals surface area contributed by atoms with E-state index in [0.29, 0.717) is 14.5 Å². The molecular weight excluding hydrogens is 422 g/mol. The Labute approximate surface area is 180 Å². The Hall–Kier alpha value is -3.56. The number of carbonyl (C=O) groups is 2. The van der Waals surface area contributed by atoms with E-state index in [4.69, 9.17) is 17.3 Å². The van der Waals surface area contributed by atoms with Gasteiger partial charge in [0.05, 0.1) is 16.1 Å². The average molecular weight is 438 g/mol. The number of benzene rings is 2. The largest absolute Gasteiger partial charge is 0.493 e. The standard InChI is InChI=1S/C21H15N3O4S2/c25-18(23-14-7-5-12(6-8-14)20(27)28)11-24-19(26)17(30-21(24)29)9-13-10-22-16-4-2-1-3-15(13)16/h1-10,26H,11H2,(H,23,25)(H,27,28)/b13-9+. The predicted molar refractivity (Wildman–Crippen MR) is 119 cm³/mol. The minimum Gasteiger partial charge on any atom is -0.493 e. The summed E-state index contributed by atoms with van der Waals surface area (Å²) in [5.74, 6) is -1.53. The smallest absolute Gasteiger partial charge is 0.335 e. The Morgan fingerprint density at radius 1 is 1.17 bits per heavy atom. The Balaban J connectivity index is 1.52. The predicted octanol–water partition coefficient (Wildman–Crippen LogP) is 4.58. The van der Waals surface area contributed by atoms with E-state index in [0.717, 1.165) is 16.8 Å². The maximum absolute atomic E-state index is 12.4. The van der Waals surface area contributed by atoms with Gasteiger partial charge in [0.1, 0.15) is 6.54 Å². The van der Waals surface area contributed by atoms with E-state index in [1.165, 1.54) is 40.2 Å². The number of amides is 1. The summed E-state index contributed by atoms with van der Waals surface area (Å²) in [6.07, 6.45) is 3.52. The van der Waals surface area contributed by atoms with Crippen LogP contribution >= 0.6 is 23.6 Å². The van der Waals surface area contributed by atoms with Gasteiger partial charge in [-0.05, 0) is 48.6 Å². The Morgan fingerprint density at radius 3 is 2.63 bits per heavy atom. The second kappa shape index (κ2) is 8.05. The number of carboxylic acids is 1. The summed E-state index contributed by atoms with van der Waals surface area (Å²) in [4.78, 5) is 28.2. The highest BCUT2D eigenvalue weighted by molar-refractivity contribution is 7.73. The molecule has 1 amide bonds. The number of hydrogen-bond acceptors (Lipinski definition) is 6. The van der Waals surface area contributed by atoms with Crippen LogP contribution < -0.4 is 5.32 Å². The molecule has 0 bridgehead atoms. The lowest BCUT2D eigenvalue weighted by atomic mass is 10.1. The van der Waals surface area contributed by atoms with E-state index >= 15 is 0 Å². The zero-order valence-electron chi connectivity index (χ0n) is 15.4. The van der Waals surface area contributed by atoms with Crippen molar-refractivity contribution in [1.29, 1.82) is 0 Å². The van der Waals surface area contributed by atoms with E-state index in [2.05, 4.69) is 10.3 Å². The molecule has 1 aliphatic rings. The number of carbonyl (C=O) groups excluding carboxylic acids is 1. The number of carboxylic acid groups (broad SMARTS) is 1. The molecule has 0 unspecified atom stereocenters.